The normalized spacial score (nSPS) is 13.4. The Morgan fingerprint density at radius 1 is 0.411 bits per heavy atom. The van der Waals surface area contributed by atoms with Gasteiger partial charge in [0.25, 0.3) is 0 Å². The Morgan fingerprint density at radius 2 is 1.02 bits per heavy atom. The predicted octanol–water partition coefficient (Wildman–Crippen LogP) is 14.7. The molecule has 12 rings (SSSR count). The van der Waals surface area contributed by atoms with Crippen LogP contribution in [-0.2, 0) is 5.41 Å². The molecule has 262 valence electrons. The Morgan fingerprint density at radius 3 is 1.82 bits per heavy atom. The molecular formula is C53H33NOS. The molecule has 1 aromatic heterocycles. The van der Waals surface area contributed by atoms with Crippen molar-refractivity contribution in [3.05, 3.63) is 222 Å². The molecule has 0 unspecified atom stereocenters. The Hall–Kier alpha value is -6.81. The molecule has 0 atom stereocenters. The van der Waals surface area contributed by atoms with Crippen molar-refractivity contribution in [3.8, 4) is 22.3 Å². The summed E-state index contributed by atoms with van der Waals surface area (Å²) >= 11 is 1.89. The van der Waals surface area contributed by atoms with Gasteiger partial charge < -0.3 is 9.32 Å². The van der Waals surface area contributed by atoms with E-state index in [1.165, 1.54) is 53.9 Å². The molecule has 1 spiro atoms. The quantitative estimate of drug-likeness (QED) is 0.179. The third kappa shape index (κ3) is 4.40. The average molecular weight is 732 g/mol. The van der Waals surface area contributed by atoms with Gasteiger partial charge in [0.2, 0.25) is 0 Å². The smallest absolute Gasteiger partial charge is 0.143 e. The molecule has 1 aliphatic carbocycles. The summed E-state index contributed by atoms with van der Waals surface area (Å²) in [6.07, 6.45) is 0. The van der Waals surface area contributed by atoms with Crippen molar-refractivity contribution in [2.24, 2.45) is 0 Å². The molecule has 0 fully saturated rings. The van der Waals surface area contributed by atoms with Gasteiger partial charge in [-0.05, 0) is 104 Å². The zero-order valence-corrected chi connectivity index (χ0v) is 31.1. The number of furan rings is 1. The molecule has 0 bridgehead atoms. The van der Waals surface area contributed by atoms with E-state index in [0.29, 0.717) is 0 Å². The second kappa shape index (κ2) is 12.1. The van der Waals surface area contributed by atoms with E-state index in [-0.39, 0.29) is 0 Å². The lowest BCUT2D eigenvalue weighted by Gasteiger charge is -2.41. The average Bonchev–Trinajstić information content (AvgIpc) is 3.79. The van der Waals surface area contributed by atoms with Gasteiger partial charge in [-0.1, -0.05) is 157 Å². The molecule has 0 radical (unpaired) electrons. The van der Waals surface area contributed by atoms with Crippen LogP contribution >= 0.6 is 11.8 Å². The minimum absolute atomic E-state index is 0.503. The van der Waals surface area contributed by atoms with Crippen LogP contribution in [0.1, 0.15) is 22.3 Å². The van der Waals surface area contributed by atoms with Gasteiger partial charge >= 0.3 is 0 Å². The highest BCUT2D eigenvalue weighted by molar-refractivity contribution is 7.99. The summed E-state index contributed by atoms with van der Waals surface area (Å²) in [7, 11) is 0. The summed E-state index contributed by atoms with van der Waals surface area (Å²) in [5, 5.41) is 4.84. The van der Waals surface area contributed by atoms with Crippen molar-refractivity contribution in [2.75, 3.05) is 4.90 Å². The number of nitrogens with zero attached hydrogens (tertiary/aromatic N) is 1. The van der Waals surface area contributed by atoms with Crippen molar-refractivity contribution in [1.29, 1.82) is 0 Å². The molecule has 10 aromatic rings. The maximum absolute atomic E-state index is 6.44. The van der Waals surface area contributed by atoms with Gasteiger partial charge in [0.1, 0.15) is 11.2 Å². The molecule has 2 aliphatic rings. The fraction of sp³-hybridized carbons (Fsp3) is 0.0189. The first-order valence-corrected chi connectivity index (χ1v) is 20.0. The topological polar surface area (TPSA) is 16.4 Å². The molecule has 1 aliphatic heterocycles. The fourth-order valence-corrected chi connectivity index (χ4v) is 10.8. The van der Waals surface area contributed by atoms with E-state index >= 15 is 0 Å². The van der Waals surface area contributed by atoms with Crippen LogP contribution < -0.4 is 4.90 Å². The molecule has 2 nitrogen and oxygen atoms in total. The van der Waals surface area contributed by atoms with E-state index in [1.807, 2.05) is 23.9 Å². The van der Waals surface area contributed by atoms with Gasteiger partial charge in [0.15, 0.2) is 0 Å². The molecule has 2 heterocycles. The van der Waals surface area contributed by atoms with Crippen molar-refractivity contribution in [2.45, 2.75) is 15.2 Å². The van der Waals surface area contributed by atoms with Crippen LogP contribution in [0, 0.1) is 0 Å². The third-order valence-corrected chi connectivity index (χ3v) is 13.1. The van der Waals surface area contributed by atoms with Gasteiger partial charge in [0.05, 0.1) is 5.41 Å². The number of para-hydroxylation sites is 3. The number of hydrogen-bond acceptors (Lipinski definition) is 3. The van der Waals surface area contributed by atoms with Gasteiger partial charge in [0, 0.05) is 43.2 Å². The number of fused-ring (bicyclic) bond motifs is 14. The molecular weight excluding hydrogens is 699 g/mol. The van der Waals surface area contributed by atoms with Crippen LogP contribution in [0.3, 0.4) is 0 Å². The number of rotatable bonds is 4. The van der Waals surface area contributed by atoms with Crippen molar-refractivity contribution >= 4 is 61.5 Å². The highest BCUT2D eigenvalue weighted by Crippen LogP contribution is 2.64. The Balaban J connectivity index is 1.08. The first-order valence-electron chi connectivity index (χ1n) is 19.2. The second-order valence-corrected chi connectivity index (χ2v) is 15.9. The number of benzene rings is 9. The minimum Gasteiger partial charge on any atom is -0.455 e. The second-order valence-electron chi connectivity index (χ2n) is 14.8. The maximum atomic E-state index is 6.44. The van der Waals surface area contributed by atoms with E-state index in [0.717, 1.165) is 50.1 Å². The van der Waals surface area contributed by atoms with Gasteiger partial charge in [-0.2, -0.15) is 0 Å². The lowest BCUT2D eigenvalue weighted by molar-refractivity contribution is 0.670. The van der Waals surface area contributed by atoms with E-state index in [1.54, 1.807) is 0 Å². The molecule has 0 saturated heterocycles. The standard InChI is InChI=1S/C53H33NOS/c1-2-14-36(15-3-1)54(37-28-25-35(26-29-37)40-20-12-21-44-43-19-8-11-24-48(43)55-52(40)44)38-30-32-49-47(33-38)53(51-39-16-5-4-13-34(39)27-31-50(51)56-49)45-22-9-6-17-41(45)42-18-7-10-23-46(42)53/h1-33H. The molecule has 3 heteroatoms. The van der Waals surface area contributed by atoms with E-state index < -0.39 is 5.41 Å². The van der Waals surface area contributed by atoms with Crippen molar-refractivity contribution in [1.82, 2.24) is 0 Å². The van der Waals surface area contributed by atoms with E-state index in [4.69, 9.17) is 4.42 Å². The maximum Gasteiger partial charge on any atom is 0.143 e. The van der Waals surface area contributed by atoms with Crippen LogP contribution in [0.4, 0.5) is 17.1 Å². The summed E-state index contributed by atoms with van der Waals surface area (Å²) in [4.78, 5) is 4.99. The predicted molar refractivity (Wildman–Crippen MR) is 233 cm³/mol. The largest absolute Gasteiger partial charge is 0.455 e. The molecule has 9 aromatic carbocycles. The summed E-state index contributed by atoms with van der Waals surface area (Å²) in [5.41, 5.74) is 14.8. The summed E-state index contributed by atoms with van der Waals surface area (Å²) in [6, 6.07) is 73.2. The monoisotopic (exact) mass is 731 g/mol. The van der Waals surface area contributed by atoms with Crippen LogP contribution in [0.5, 0.6) is 0 Å². The van der Waals surface area contributed by atoms with Crippen molar-refractivity contribution < 1.29 is 4.42 Å². The highest BCUT2D eigenvalue weighted by Gasteiger charge is 2.51. The number of hydrogen-bond donors (Lipinski definition) is 0. The first-order chi connectivity index (χ1) is 27.8. The fourth-order valence-electron chi connectivity index (χ4n) is 9.60. The van der Waals surface area contributed by atoms with Crippen LogP contribution in [0.15, 0.2) is 214 Å². The zero-order chi connectivity index (χ0) is 36.8. The van der Waals surface area contributed by atoms with E-state index in [2.05, 4.69) is 193 Å². The molecule has 0 amide bonds. The first kappa shape index (κ1) is 31.5. The Labute approximate surface area is 329 Å². The number of anilines is 3. The lowest BCUT2D eigenvalue weighted by Crippen LogP contribution is -2.32. The minimum atomic E-state index is -0.503. The van der Waals surface area contributed by atoms with Crippen LogP contribution in [0.25, 0.3) is 55.0 Å². The molecule has 0 N–H and O–H groups in total. The summed E-state index contributed by atoms with van der Waals surface area (Å²) in [5.74, 6) is 0. The van der Waals surface area contributed by atoms with E-state index in [9.17, 15) is 0 Å². The Kier molecular flexibility index (Phi) is 6.81. The van der Waals surface area contributed by atoms with Gasteiger partial charge in [-0.25, -0.2) is 0 Å². The third-order valence-electron chi connectivity index (χ3n) is 11.9. The highest BCUT2D eigenvalue weighted by atomic mass is 32.2. The van der Waals surface area contributed by atoms with Gasteiger partial charge in [-0.3, -0.25) is 0 Å². The lowest BCUT2D eigenvalue weighted by atomic mass is 9.66. The zero-order valence-electron chi connectivity index (χ0n) is 30.3. The van der Waals surface area contributed by atoms with Gasteiger partial charge in [-0.15, -0.1) is 0 Å². The summed E-state index contributed by atoms with van der Waals surface area (Å²) in [6.45, 7) is 0. The summed E-state index contributed by atoms with van der Waals surface area (Å²) < 4.78 is 6.44. The molecule has 0 saturated carbocycles. The Bertz CT molecular complexity index is 3130. The molecule has 56 heavy (non-hydrogen) atoms. The van der Waals surface area contributed by atoms with Crippen molar-refractivity contribution in [3.63, 3.8) is 0 Å². The van der Waals surface area contributed by atoms with Crippen LogP contribution in [0.2, 0.25) is 0 Å². The SMILES string of the molecule is c1ccc(N(c2ccc(-c3cccc4c3oc3ccccc34)cc2)c2ccc3c(c2)C2(c4ccccc4-c4ccccc42)c2c(ccc4ccccc24)S3)cc1. The van der Waals surface area contributed by atoms with Crippen LogP contribution in [-0.4, -0.2) is 0 Å².